The fourth-order valence-electron chi connectivity index (χ4n) is 6.87. The smallest absolute Gasteiger partial charge is 0.387 e. The van der Waals surface area contributed by atoms with Crippen molar-refractivity contribution in [3.63, 3.8) is 0 Å². The number of phosphoric ester groups is 1. The van der Waals surface area contributed by atoms with Crippen LogP contribution in [0.4, 0.5) is 0 Å². The van der Waals surface area contributed by atoms with E-state index in [0.717, 1.165) is 83.5 Å². The standard InChI is InChI=1S/C54H97N2O6P/c1-6-8-10-12-14-16-18-20-22-23-24-25-26-27-28-29-30-31-32-33-34-36-38-40-42-44-46-48-54(58)55-52(51-62-63(59,60)61-50-49-56(3,4)5)53(57)47-45-43-41-39-37-35-21-19-17-15-13-11-9-7-2/h8,10,14,16,20,22,24-25,27-28,30-31,45,47,52-53,57H,6-7,9,11-13,15,17-19,21,23,26,29,32-44,46,48-51H2,1-5H3,(H-,55,58,59,60)/p+1/b10-8-,16-14-,22-20-,25-24-,28-27-,31-30-,47-45+. The van der Waals surface area contributed by atoms with Crippen molar-refractivity contribution in [1.82, 2.24) is 5.32 Å². The van der Waals surface area contributed by atoms with Gasteiger partial charge in [0.1, 0.15) is 13.2 Å². The number of quaternary nitrogens is 1. The SMILES string of the molecule is CC/C=C\C/C=C\C/C=C\C/C=C\C/C=C\C/C=C\CCCCCCCCCCC(=O)NC(COP(=O)(O)OCC[N+](C)(C)C)C(O)/C=C/CCCCCCCCCCCCCC. The number of likely N-dealkylation sites (N-methyl/N-ethyl adjacent to an activating group) is 1. The second-order valence-corrected chi connectivity index (χ2v) is 19.6. The highest BCUT2D eigenvalue weighted by molar-refractivity contribution is 7.47. The summed E-state index contributed by atoms with van der Waals surface area (Å²) in [4.78, 5) is 23.2. The summed E-state index contributed by atoms with van der Waals surface area (Å²) in [6, 6.07) is -0.855. The molecule has 63 heavy (non-hydrogen) atoms. The highest BCUT2D eigenvalue weighted by Gasteiger charge is 2.27. The van der Waals surface area contributed by atoms with E-state index in [0.29, 0.717) is 17.4 Å². The Kier molecular flexibility index (Phi) is 43.2. The van der Waals surface area contributed by atoms with Gasteiger partial charge in [-0.05, 0) is 70.6 Å². The van der Waals surface area contributed by atoms with E-state index in [1.165, 1.54) is 96.3 Å². The van der Waals surface area contributed by atoms with Crippen molar-refractivity contribution in [2.24, 2.45) is 0 Å². The number of amides is 1. The molecule has 3 atom stereocenters. The number of carbonyl (C=O) groups excluding carboxylic acids is 1. The summed E-state index contributed by atoms with van der Waals surface area (Å²) in [5.74, 6) is -0.190. The average molecular weight is 902 g/mol. The van der Waals surface area contributed by atoms with Crippen molar-refractivity contribution >= 4 is 13.7 Å². The summed E-state index contributed by atoms with van der Waals surface area (Å²) in [5.41, 5.74) is 0. The minimum absolute atomic E-state index is 0.0557. The molecule has 0 heterocycles. The first-order chi connectivity index (χ1) is 30.5. The first kappa shape index (κ1) is 60.7. The molecule has 1 amide bonds. The summed E-state index contributed by atoms with van der Waals surface area (Å²) < 4.78 is 23.6. The monoisotopic (exact) mass is 902 g/mol. The van der Waals surface area contributed by atoms with Gasteiger partial charge in [-0.15, -0.1) is 0 Å². The number of nitrogens with one attached hydrogen (secondary N) is 1. The van der Waals surface area contributed by atoms with Gasteiger partial charge < -0.3 is 19.8 Å². The highest BCUT2D eigenvalue weighted by Crippen LogP contribution is 2.43. The van der Waals surface area contributed by atoms with Crippen LogP contribution in [0.3, 0.4) is 0 Å². The maximum absolute atomic E-state index is 12.9. The summed E-state index contributed by atoms with van der Waals surface area (Å²) in [7, 11) is 1.55. The zero-order valence-electron chi connectivity index (χ0n) is 41.3. The molecule has 0 rings (SSSR count). The minimum atomic E-state index is -4.35. The molecule has 0 saturated carbocycles. The van der Waals surface area contributed by atoms with Crippen molar-refractivity contribution < 1.29 is 32.9 Å². The Morgan fingerprint density at radius 2 is 0.952 bits per heavy atom. The molecule has 9 heteroatoms. The van der Waals surface area contributed by atoms with Crippen LogP contribution in [0.5, 0.6) is 0 Å². The molecule has 0 bridgehead atoms. The molecule has 0 aromatic heterocycles. The van der Waals surface area contributed by atoms with Crippen molar-refractivity contribution in [1.29, 1.82) is 0 Å². The molecule has 8 nitrogen and oxygen atoms in total. The first-order valence-corrected chi connectivity index (χ1v) is 27.0. The maximum atomic E-state index is 12.9. The summed E-state index contributed by atoms with van der Waals surface area (Å²) in [6.45, 7) is 4.68. The Hall–Kier alpha value is -2.32. The Balaban J connectivity index is 4.29. The van der Waals surface area contributed by atoms with E-state index in [1.54, 1.807) is 6.08 Å². The van der Waals surface area contributed by atoms with Gasteiger partial charge in [0.25, 0.3) is 0 Å². The van der Waals surface area contributed by atoms with Crippen LogP contribution < -0.4 is 5.32 Å². The zero-order valence-corrected chi connectivity index (χ0v) is 42.2. The number of phosphoric acid groups is 1. The number of aliphatic hydroxyl groups is 1. The van der Waals surface area contributed by atoms with Gasteiger partial charge in [0.15, 0.2) is 0 Å². The number of aliphatic hydroxyl groups excluding tert-OH is 1. The first-order valence-electron chi connectivity index (χ1n) is 25.5. The second kappa shape index (κ2) is 44.9. The van der Waals surface area contributed by atoms with Crippen molar-refractivity contribution in [2.75, 3.05) is 40.9 Å². The third kappa shape index (κ3) is 47.5. The number of unbranched alkanes of at least 4 members (excludes halogenated alkanes) is 20. The number of allylic oxidation sites excluding steroid dienone is 13. The fourth-order valence-corrected chi connectivity index (χ4v) is 7.60. The van der Waals surface area contributed by atoms with Crippen LogP contribution in [0.1, 0.15) is 200 Å². The third-order valence-electron chi connectivity index (χ3n) is 10.9. The normalized spacial score (nSPS) is 14.8. The van der Waals surface area contributed by atoms with Crippen molar-refractivity contribution in [3.05, 3.63) is 85.1 Å². The van der Waals surface area contributed by atoms with E-state index in [-0.39, 0.29) is 19.1 Å². The van der Waals surface area contributed by atoms with Crippen LogP contribution in [0.15, 0.2) is 85.1 Å². The number of hydrogen-bond acceptors (Lipinski definition) is 5. The maximum Gasteiger partial charge on any atom is 0.472 e. The summed E-state index contributed by atoms with van der Waals surface area (Å²) in [6.07, 6.45) is 62.3. The number of nitrogens with zero attached hydrogens (tertiary/aromatic N) is 1. The lowest BCUT2D eigenvalue weighted by Gasteiger charge is -2.25. The molecule has 364 valence electrons. The third-order valence-corrected chi connectivity index (χ3v) is 11.9. The summed E-state index contributed by atoms with van der Waals surface area (Å²) >= 11 is 0. The molecule has 0 aromatic carbocycles. The van der Waals surface area contributed by atoms with Gasteiger partial charge >= 0.3 is 7.82 Å². The van der Waals surface area contributed by atoms with Gasteiger partial charge in [-0.3, -0.25) is 13.8 Å². The minimum Gasteiger partial charge on any atom is -0.387 e. The predicted octanol–water partition coefficient (Wildman–Crippen LogP) is 14.9. The van der Waals surface area contributed by atoms with Gasteiger partial charge in [0.05, 0.1) is 39.9 Å². The molecule has 0 aliphatic rings. The Bertz CT molecular complexity index is 1300. The Morgan fingerprint density at radius 3 is 1.40 bits per heavy atom. The second-order valence-electron chi connectivity index (χ2n) is 18.2. The molecule has 0 fully saturated rings. The molecule has 0 radical (unpaired) electrons. The van der Waals surface area contributed by atoms with E-state index in [9.17, 15) is 19.4 Å². The molecule has 0 aliphatic carbocycles. The molecule has 0 aromatic rings. The van der Waals surface area contributed by atoms with Gasteiger partial charge in [0, 0.05) is 6.42 Å². The lowest BCUT2D eigenvalue weighted by atomic mass is 10.0. The predicted molar refractivity (Wildman–Crippen MR) is 272 cm³/mol. The van der Waals surface area contributed by atoms with Crippen LogP contribution in [0.25, 0.3) is 0 Å². The largest absolute Gasteiger partial charge is 0.472 e. The number of carbonyl (C=O) groups is 1. The molecular weight excluding hydrogens is 804 g/mol. The number of rotatable bonds is 45. The summed E-state index contributed by atoms with van der Waals surface area (Å²) in [5, 5.41) is 13.9. The topological polar surface area (TPSA) is 105 Å². The zero-order chi connectivity index (χ0) is 46.4. The van der Waals surface area contributed by atoms with E-state index in [4.69, 9.17) is 9.05 Å². The van der Waals surface area contributed by atoms with Crippen molar-refractivity contribution in [2.45, 2.75) is 212 Å². The van der Waals surface area contributed by atoms with Crippen LogP contribution in [0, 0.1) is 0 Å². The molecule has 0 saturated heterocycles. The molecular formula is C54H98N2O6P+. The van der Waals surface area contributed by atoms with Crippen LogP contribution in [-0.2, 0) is 18.4 Å². The van der Waals surface area contributed by atoms with Crippen LogP contribution >= 0.6 is 7.82 Å². The Morgan fingerprint density at radius 1 is 0.556 bits per heavy atom. The van der Waals surface area contributed by atoms with E-state index in [1.807, 2.05) is 27.2 Å². The molecule has 3 unspecified atom stereocenters. The number of hydrogen-bond donors (Lipinski definition) is 3. The van der Waals surface area contributed by atoms with Gasteiger partial charge in [-0.2, -0.15) is 0 Å². The van der Waals surface area contributed by atoms with Gasteiger partial charge in [0.2, 0.25) is 5.91 Å². The quantitative estimate of drug-likeness (QED) is 0.0243. The highest BCUT2D eigenvalue weighted by atomic mass is 31.2. The lowest BCUT2D eigenvalue weighted by Crippen LogP contribution is -2.45. The van der Waals surface area contributed by atoms with E-state index < -0.39 is 20.0 Å². The fraction of sp³-hybridized carbons (Fsp3) is 0.722. The average Bonchev–Trinajstić information content (AvgIpc) is 3.24. The molecule has 3 N–H and O–H groups in total. The van der Waals surface area contributed by atoms with E-state index >= 15 is 0 Å². The van der Waals surface area contributed by atoms with Gasteiger partial charge in [-0.1, -0.05) is 208 Å². The van der Waals surface area contributed by atoms with Crippen LogP contribution in [-0.4, -0.2) is 73.4 Å². The molecule has 0 aliphatic heterocycles. The van der Waals surface area contributed by atoms with Crippen LogP contribution in [0.2, 0.25) is 0 Å². The van der Waals surface area contributed by atoms with Crippen molar-refractivity contribution in [3.8, 4) is 0 Å². The van der Waals surface area contributed by atoms with Gasteiger partial charge in [-0.25, -0.2) is 4.57 Å². The van der Waals surface area contributed by atoms with E-state index in [2.05, 4.69) is 92.1 Å². The lowest BCUT2D eigenvalue weighted by molar-refractivity contribution is -0.870. The Labute approximate surface area is 388 Å². The molecule has 0 spiro atoms.